The number of benzene rings is 2. The summed E-state index contributed by atoms with van der Waals surface area (Å²) in [6, 6.07) is 13.0. The van der Waals surface area contributed by atoms with E-state index in [0.717, 1.165) is 41.0 Å². The third kappa shape index (κ3) is 4.26. The van der Waals surface area contributed by atoms with Crippen LogP contribution in [0, 0.1) is 0 Å². The summed E-state index contributed by atoms with van der Waals surface area (Å²) in [6.07, 6.45) is -4.15. The molecule has 1 aliphatic heterocycles. The SMILES string of the molecule is FC(F)(F)c1ccc(CN2CC(Oc3ccc(Br)cc3)C2)cc1. The summed E-state index contributed by atoms with van der Waals surface area (Å²) in [5.74, 6) is 0.826. The summed E-state index contributed by atoms with van der Waals surface area (Å²) < 4.78 is 44.4. The number of halogens is 4. The molecule has 0 N–H and O–H groups in total. The Balaban J connectivity index is 1.47. The predicted octanol–water partition coefficient (Wildman–Crippen LogP) is 4.73. The van der Waals surface area contributed by atoms with Gasteiger partial charge >= 0.3 is 6.18 Å². The van der Waals surface area contributed by atoms with Gasteiger partial charge < -0.3 is 4.74 Å². The van der Waals surface area contributed by atoms with Crippen LogP contribution in [0.15, 0.2) is 53.0 Å². The summed E-state index contributed by atoms with van der Waals surface area (Å²) in [5.41, 5.74) is 0.265. The van der Waals surface area contributed by atoms with Gasteiger partial charge in [0, 0.05) is 24.1 Å². The number of ether oxygens (including phenoxy) is 1. The van der Waals surface area contributed by atoms with Gasteiger partial charge in [0.2, 0.25) is 0 Å². The molecule has 2 aromatic carbocycles. The highest BCUT2D eigenvalue weighted by molar-refractivity contribution is 9.10. The first-order valence-electron chi connectivity index (χ1n) is 7.21. The minimum atomic E-state index is -4.28. The van der Waals surface area contributed by atoms with E-state index in [4.69, 9.17) is 4.74 Å². The van der Waals surface area contributed by atoms with Gasteiger partial charge in [0.1, 0.15) is 11.9 Å². The van der Waals surface area contributed by atoms with Gasteiger partial charge in [-0.25, -0.2) is 0 Å². The van der Waals surface area contributed by atoms with E-state index in [1.807, 2.05) is 24.3 Å². The van der Waals surface area contributed by atoms with Crippen molar-refractivity contribution in [1.29, 1.82) is 0 Å². The fourth-order valence-electron chi connectivity index (χ4n) is 2.49. The Hall–Kier alpha value is -1.53. The molecule has 1 saturated heterocycles. The van der Waals surface area contributed by atoms with Crippen LogP contribution in [-0.4, -0.2) is 24.1 Å². The van der Waals surface area contributed by atoms with Crippen molar-refractivity contribution in [3.05, 3.63) is 64.1 Å². The van der Waals surface area contributed by atoms with Crippen LogP contribution >= 0.6 is 15.9 Å². The molecule has 0 bridgehead atoms. The second-order valence-electron chi connectivity index (χ2n) is 5.58. The van der Waals surface area contributed by atoms with Gasteiger partial charge in [-0.05, 0) is 42.0 Å². The number of nitrogens with zero attached hydrogens (tertiary/aromatic N) is 1. The molecular formula is C17H15BrF3NO. The molecule has 122 valence electrons. The maximum absolute atomic E-state index is 12.5. The average molecular weight is 386 g/mol. The average Bonchev–Trinajstić information content (AvgIpc) is 2.47. The number of alkyl halides is 3. The predicted molar refractivity (Wildman–Crippen MR) is 85.3 cm³/mol. The molecule has 0 amide bonds. The molecule has 6 heteroatoms. The van der Waals surface area contributed by atoms with Crippen molar-refractivity contribution in [2.75, 3.05) is 13.1 Å². The third-order valence-electron chi connectivity index (χ3n) is 3.73. The van der Waals surface area contributed by atoms with E-state index in [-0.39, 0.29) is 6.10 Å². The van der Waals surface area contributed by atoms with Gasteiger partial charge in [-0.3, -0.25) is 4.90 Å². The van der Waals surface area contributed by atoms with E-state index >= 15 is 0 Å². The van der Waals surface area contributed by atoms with Crippen molar-refractivity contribution in [3.63, 3.8) is 0 Å². The van der Waals surface area contributed by atoms with E-state index in [9.17, 15) is 13.2 Å². The first-order valence-corrected chi connectivity index (χ1v) is 8.00. The molecular weight excluding hydrogens is 371 g/mol. The Morgan fingerprint density at radius 3 is 2.17 bits per heavy atom. The van der Waals surface area contributed by atoms with Gasteiger partial charge in [-0.15, -0.1) is 0 Å². The molecule has 0 saturated carbocycles. The van der Waals surface area contributed by atoms with Crippen LogP contribution in [0.1, 0.15) is 11.1 Å². The number of likely N-dealkylation sites (tertiary alicyclic amines) is 1. The van der Waals surface area contributed by atoms with Gasteiger partial charge in [-0.1, -0.05) is 28.1 Å². The van der Waals surface area contributed by atoms with E-state index < -0.39 is 11.7 Å². The molecule has 0 unspecified atom stereocenters. The molecule has 0 spiro atoms. The monoisotopic (exact) mass is 385 g/mol. The molecule has 2 nitrogen and oxygen atoms in total. The van der Waals surface area contributed by atoms with Crippen molar-refractivity contribution in [3.8, 4) is 5.75 Å². The molecule has 0 aliphatic carbocycles. The van der Waals surface area contributed by atoms with E-state index in [1.165, 1.54) is 12.1 Å². The molecule has 3 rings (SSSR count). The van der Waals surface area contributed by atoms with Crippen molar-refractivity contribution in [1.82, 2.24) is 4.90 Å². The van der Waals surface area contributed by atoms with E-state index in [2.05, 4.69) is 20.8 Å². The highest BCUT2D eigenvalue weighted by atomic mass is 79.9. The van der Waals surface area contributed by atoms with E-state index in [0.29, 0.717) is 6.54 Å². The maximum atomic E-state index is 12.5. The second-order valence-corrected chi connectivity index (χ2v) is 6.50. The topological polar surface area (TPSA) is 12.5 Å². The van der Waals surface area contributed by atoms with Crippen LogP contribution in [0.2, 0.25) is 0 Å². The highest BCUT2D eigenvalue weighted by Gasteiger charge is 2.31. The summed E-state index contributed by atoms with van der Waals surface area (Å²) in [5, 5.41) is 0. The quantitative estimate of drug-likeness (QED) is 0.754. The lowest BCUT2D eigenvalue weighted by atomic mass is 10.1. The molecule has 1 fully saturated rings. The Bertz CT molecular complexity index is 649. The minimum absolute atomic E-state index is 0.130. The zero-order chi connectivity index (χ0) is 16.4. The molecule has 2 aromatic rings. The number of rotatable bonds is 4. The Labute approximate surface area is 141 Å². The van der Waals surface area contributed by atoms with Crippen molar-refractivity contribution < 1.29 is 17.9 Å². The lowest BCUT2D eigenvalue weighted by Crippen LogP contribution is -2.53. The smallest absolute Gasteiger partial charge is 0.416 e. The van der Waals surface area contributed by atoms with Crippen molar-refractivity contribution in [2.24, 2.45) is 0 Å². The summed E-state index contributed by atoms with van der Waals surface area (Å²) in [7, 11) is 0. The minimum Gasteiger partial charge on any atom is -0.488 e. The Morgan fingerprint density at radius 1 is 1.00 bits per heavy atom. The number of hydrogen-bond donors (Lipinski definition) is 0. The maximum Gasteiger partial charge on any atom is 0.416 e. The second kappa shape index (κ2) is 6.53. The van der Waals surface area contributed by atoms with Crippen molar-refractivity contribution >= 4 is 15.9 Å². The van der Waals surface area contributed by atoms with Crippen LogP contribution in [0.25, 0.3) is 0 Å². The summed E-state index contributed by atoms with van der Waals surface area (Å²) in [4.78, 5) is 2.14. The normalized spacial score (nSPS) is 16.2. The summed E-state index contributed by atoms with van der Waals surface area (Å²) in [6.45, 7) is 2.19. The zero-order valence-corrected chi connectivity index (χ0v) is 13.8. The highest BCUT2D eigenvalue weighted by Crippen LogP contribution is 2.29. The van der Waals surface area contributed by atoms with Gasteiger partial charge in [0.25, 0.3) is 0 Å². The molecule has 1 heterocycles. The third-order valence-corrected chi connectivity index (χ3v) is 4.26. The van der Waals surface area contributed by atoms with Crippen LogP contribution in [0.5, 0.6) is 5.75 Å². The molecule has 23 heavy (non-hydrogen) atoms. The molecule has 0 radical (unpaired) electrons. The van der Waals surface area contributed by atoms with Crippen LogP contribution in [0.3, 0.4) is 0 Å². The van der Waals surface area contributed by atoms with Crippen LogP contribution < -0.4 is 4.74 Å². The number of hydrogen-bond acceptors (Lipinski definition) is 2. The van der Waals surface area contributed by atoms with Crippen LogP contribution in [0.4, 0.5) is 13.2 Å². The van der Waals surface area contributed by atoms with Crippen LogP contribution in [-0.2, 0) is 12.7 Å². The molecule has 0 atom stereocenters. The lowest BCUT2D eigenvalue weighted by Gasteiger charge is -2.39. The Kier molecular flexibility index (Phi) is 4.64. The molecule has 1 aliphatic rings. The fourth-order valence-corrected chi connectivity index (χ4v) is 2.75. The standard InChI is InChI=1S/C17H15BrF3NO/c18-14-5-7-15(8-6-14)23-16-10-22(11-16)9-12-1-3-13(4-2-12)17(19,20)21/h1-8,16H,9-11H2. The fraction of sp³-hybridized carbons (Fsp3) is 0.294. The van der Waals surface area contributed by atoms with Crippen molar-refractivity contribution in [2.45, 2.75) is 18.8 Å². The first kappa shape index (κ1) is 16.3. The lowest BCUT2D eigenvalue weighted by molar-refractivity contribution is -0.137. The first-order chi connectivity index (χ1) is 10.9. The molecule has 0 aromatic heterocycles. The zero-order valence-electron chi connectivity index (χ0n) is 12.2. The summed E-state index contributed by atoms with van der Waals surface area (Å²) >= 11 is 3.37. The van der Waals surface area contributed by atoms with E-state index in [1.54, 1.807) is 0 Å². The Morgan fingerprint density at radius 2 is 1.61 bits per heavy atom. The largest absolute Gasteiger partial charge is 0.488 e. The van der Waals surface area contributed by atoms with Gasteiger partial charge in [-0.2, -0.15) is 13.2 Å². The van der Waals surface area contributed by atoms with Gasteiger partial charge in [0.05, 0.1) is 5.56 Å². The van der Waals surface area contributed by atoms with Gasteiger partial charge in [0.15, 0.2) is 0 Å².